The summed E-state index contributed by atoms with van der Waals surface area (Å²) in [7, 11) is 0. The molecule has 2 nitrogen and oxygen atoms in total. The molecule has 0 aliphatic heterocycles. The molecule has 0 amide bonds. The zero-order valence-electron chi connectivity index (χ0n) is 22.8. The van der Waals surface area contributed by atoms with Gasteiger partial charge >= 0.3 is 0 Å². The van der Waals surface area contributed by atoms with Crippen molar-refractivity contribution in [1.82, 2.24) is 0 Å². The molecule has 0 bridgehead atoms. The average molecular weight is 457 g/mol. The third-order valence-electron chi connectivity index (χ3n) is 8.35. The van der Waals surface area contributed by atoms with Crippen molar-refractivity contribution in [1.29, 1.82) is 0 Å². The van der Waals surface area contributed by atoms with Crippen molar-refractivity contribution in [2.45, 2.75) is 151 Å². The summed E-state index contributed by atoms with van der Waals surface area (Å²) in [6.45, 7) is 13.4. The van der Waals surface area contributed by atoms with E-state index in [0.717, 1.165) is 75.4 Å². The van der Waals surface area contributed by atoms with Crippen LogP contribution < -0.4 is 0 Å². The lowest BCUT2D eigenvalue weighted by Crippen LogP contribution is -2.28. The van der Waals surface area contributed by atoms with Crippen molar-refractivity contribution >= 4 is 11.6 Å². The maximum atomic E-state index is 12.7. The van der Waals surface area contributed by atoms with Gasteiger partial charge in [0, 0.05) is 12.8 Å². The highest BCUT2D eigenvalue weighted by atomic mass is 16.1. The fourth-order valence-electron chi connectivity index (χ4n) is 6.80. The second kappa shape index (κ2) is 13.1. The first kappa shape index (κ1) is 28.1. The van der Waals surface area contributed by atoms with E-state index in [2.05, 4.69) is 41.5 Å². The van der Waals surface area contributed by atoms with Gasteiger partial charge in [0.15, 0.2) is 11.6 Å². The van der Waals surface area contributed by atoms with Crippen LogP contribution in [-0.2, 0) is 9.59 Å². The van der Waals surface area contributed by atoms with Gasteiger partial charge in [-0.15, -0.1) is 0 Å². The van der Waals surface area contributed by atoms with E-state index < -0.39 is 0 Å². The van der Waals surface area contributed by atoms with Crippen LogP contribution in [-0.4, -0.2) is 11.6 Å². The van der Waals surface area contributed by atoms with Crippen LogP contribution in [0, 0.1) is 10.8 Å². The highest BCUT2D eigenvalue weighted by Crippen LogP contribution is 2.44. The molecule has 0 aromatic carbocycles. The molecule has 0 heterocycles. The molecule has 0 radical (unpaired) electrons. The van der Waals surface area contributed by atoms with Gasteiger partial charge in [-0.2, -0.15) is 0 Å². The second-order valence-corrected chi connectivity index (χ2v) is 11.8. The summed E-state index contributed by atoms with van der Waals surface area (Å²) in [5, 5.41) is 0. The Balaban J connectivity index is 1.77. The van der Waals surface area contributed by atoms with Gasteiger partial charge in [0.25, 0.3) is 0 Å². The molecule has 2 aliphatic rings. The number of unbranched alkanes of at least 4 members (excludes halogenated alkanes) is 4. The van der Waals surface area contributed by atoms with E-state index in [1.165, 1.54) is 56.1 Å². The number of carbonyl (C=O) groups excluding carboxylic acids is 2. The van der Waals surface area contributed by atoms with Gasteiger partial charge in [-0.1, -0.05) is 91.2 Å². The van der Waals surface area contributed by atoms with E-state index in [4.69, 9.17) is 0 Å². The number of hydrogen-bond acceptors (Lipinski definition) is 2. The fraction of sp³-hybridized carbons (Fsp3) is 0.806. The van der Waals surface area contributed by atoms with Gasteiger partial charge in [0.1, 0.15) is 0 Å². The Hall–Kier alpha value is -1.18. The first-order chi connectivity index (χ1) is 15.7. The molecule has 2 heteroatoms. The molecule has 0 saturated carbocycles. The van der Waals surface area contributed by atoms with Gasteiger partial charge < -0.3 is 0 Å². The molecule has 33 heavy (non-hydrogen) atoms. The minimum absolute atomic E-state index is 0.174. The maximum absolute atomic E-state index is 12.7. The summed E-state index contributed by atoms with van der Waals surface area (Å²) in [5.41, 5.74) is 5.59. The van der Waals surface area contributed by atoms with E-state index in [0.29, 0.717) is 11.6 Å². The molecule has 0 spiro atoms. The van der Waals surface area contributed by atoms with Crippen LogP contribution in [0.4, 0.5) is 0 Å². The number of allylic oxidation sites excluding steroid dienone is 4. The monoisotopic (exact) mass is 456 g/mol. The molecule has 0 aromatic rings. The lowest BCUT2D eigenvalue weighted by atomic mass is 9.68. The summed E-state index contributed by atoms with van der Waals surface area (Å²) in [6.07, 6.45) is 18.7. The number of hydrogen-bond donors (Lipinski definition) is 0. The molecule has 2 aliphatic carbocycles. The standard InChI is InChI=1S/C31H52O2/c1-7-16-24-20-31(6,23-29(33)26(24)9-3)19-15-13-11-12-14-17-25-21-30(5,18-8-2)22-28(32)27(25)10-4/h7-23H2,1-6H3. The topological polar surface area (TPSA) is 34.1 Å². The molecule has 188 valence electrons. The van der Waals surface area contributed by atoms with E-state index in [-0.39, 0.29) is 10.8 Å². The fourth-order valence-corrected chi connectivity index (χ4v) is 6.80. The molecule has 2 unspecified atom stereocenters. The van der Waals surface area contributed by atoms with Gasteiger partial charge in [0.2, 0.25) is 0 Å². The summed E-state index contributed by atoms with van der Waals surface area (Å²) >= 11 is 0. The van der Waals surface area contributed by atoms with E-state index >= 15 is 0 Å². The largest absolute Gasteiger partial charge is 0.295 e. The van der Waals surface area contributed by atoms with Crippen LogP contribution >= 0.6 is 0 Å². The zero-order valence-corrected chi connectivity index (χ0v) is 22.8. The quantitative estimate of drug-likeness (QED) is 0.244. The zero-order chi connectivity index (χ0) is 24.5. The van der Waals surface area contributed by atoms with Crippen molar-refractivity contribution in [3.63, 3.8) is 0 Å². The summed E-state index contributed by atoms with van der Waals surface area (Å²) in [5.74, 6) is 0.847. The van der Waals surface area contributed by atoms with Crippen LogP contribution in [0.15, 0.2) is 22.3 Å². The maximum Gasteiger partial charge on any atom is 0.159 e. The number of rotatable bonds is 14. The highest BCUT2D eigenvalue weighted by molar-refractivity contribution is 5.98. The lowest BCUT2D eigenvalue weighted by Gasteiger charge is -2.36. The third kappa shape index (κ3) is 7.93. The average Bonchev–Trinajstić information content (AvgIpc) is 2.73. The van der Waals surface area contributed by atoms with Crippen LogP contribution in [0.3, 0.4) is 0 Å². The SMILES string of the molecule is CCCC1=C(CC)C(=O)CC(C)(CCCCCCCC2=C(CC)C(=O)CC(C)(CCC)C2)C1. The molecule has 0 N–H and O–H groups in total. The predicted octanol–water partition coefficient (Wildman–Crippen LogP) is 9.47. The first-order valence-electron chi connectivity index (χ1n) is 14.2. The molecule has 0 aromatic heterocycles. The van der Waals surface area contributed by atoms with Crippen LogP contribution in [0.1, 0.15) is 151 Å². The Morgan fingerprint density at radius 3 is 1.58 bits per heavy atom. The smallest absolute Gasteiger partial charge is 0.159 e. The predicted molar refractivity (Wildman–Crippen MR) is 141 cm³/mol. The molecular formula is C31H52O2. The minimum atomic E-state index is 0.174. The van der Waals surface area contributed by atoms with Gasteiger partial charge in [-0.25, -0.2) is 0 Å². The normalized spacial score (nSPS) is 26.5. The van der Waals surface area contributed by atoms with Gasteiger partial charge in [-0.3, -0.25) is 9.59 Å². The minimum Gasteiger partial charge on any atom is -0.295 e. The number of Topliss-reactive ketones (excluding diaryl/α,β-unsaturated/α-hetero) is 2. The van der Waals surface area contributed by atoms with Crippen LogP contribution in [0.25, 0.3) is 0 Å². The van der Waals surface area contributed by atoms with E-state index in [1.54, 1.807) is 0 Å². The summed E-state index contributed by atoms with van der Waals surface area (Å²) < 4.78 is 0. The molecule has 0 saturated heterocycles. The molecule has 2 atom stereocenters. The van der Waals surface area contributed by atoms with Gasteiger partial charge in [0.05, 0.1) is 0 Å². The Kier molecular flexibility index (Phi) is 11.1. The van der Waals surface area contributed by atoms with Gasteiger partial charge in [-0.05, 0) is 79.8 Å². The second-order valence-electron chi connectivity index (χ2n) is 11.8. The molecule has 2 rings (SSSR count). The Bertz CT molecular complexity index is 740. The van der Waals surface area contributed by atoms with Crippen molar-refractivity contribution in [2.75, 3.05) is 0 Å². The first-order valence-corrected chi connectivity index (χ1v) is 14.2. The summed E-state index contributed by atoms with van der Waals surface area (Å²) in [6, 6.07) is 0. The highest BCUT2D eigenvalue weighted by Gasteiger charge is 2.35. The van der Waals surface area contributed by atoms with Crippen LogP contribution in [0.5, 0.6) is 0 Å². The van der Waals surface area contributed by atoms with Crippen molar-refractivity contribution in [3.8, 4) is 0 Å². The Morgan fingerprint density at radius 2 is 1.06 bits per heavy atom. The van der Waals surface area contributed by atoms with E-state index in [9.17, 15) is 9.59 Å². The van der Waals surface area contributed by atoms with Crippen molar-refractivity contribution in [2.24, 2.45) is 10.8 Å². The molecule has 0 fully saturated rings. The Labute approximate surface area is 205 Å². The van der Waals surface area contributed by atoms with Crippen molar-refractivity contribution < 1.29 is 9.59 Å². The number of carbonyl (C=O) groups is 2. The molecular weight excluding hydrogens is 404 g/mol. The van der Waals surface area contributed by atoms with E-state index in [1.807, 2.05) is 0 Å². The Morgan fingerprint density at radius 1 is 0.576 bits per heavy atom. The lowest BCUT2D eigenvalue weighted by molar-refractivity contribution is -0.119. The summed E-state index contributed by atoms with van der Waals surface area (Å²) in [4.78, 5) is 25.4. The van der Waals surface area contributed by atoms with Crippen LogP contribution in [0.2, 0.25) is 0 Å². The van der Waals surface area contributed by atoms with Crippen molar-refractivity contribution in [3.05, 3.63) is 22.3 Å². The number of ketones is 2. The third-order valence-corrected chi connectivity index (χ3v) is 8.35.